The van der Waals surface area contributed by atoms with Gasteiger partial charge in [0.2, 0.25) is 0 Å². The lowest BCUT2D eigenvalue weighted by Gasteiger charge is -2.07. The first-order valence-corrected chi connectivity index (χ1v) is 6.16. The summed E-state index contributed by atoms with van der Waals surface area (Å²) in [6, 6.07) is 9.74. The molecular weight excluding hydrogens is 249 g/mol. The van der Waals surface area contributed by atoms with Crippen molar-refractivity contribution in [1.29, 1.82) is 0 Å². The van der Waals surface area contributed by atoms with E-state index in [9.17, 15) is 4.39 Å². The molecule has 0 unspecified atom stereocenters. The van der Waals surface area contributed by atoms with Gasteiger partial charge in [-0.25, -0.2) is 4.39 Å². The molecule has 0 heterocycles. The molecule has 0 aliphatic rings. The van der Waals surface area contributed by atoms with Gasteiger partial charge in [-0.2, -0.15) is 0 Å². The van der Waals surface area contributed by atoms with Gasteiger partial charge in [-0.3, -0.25) is 0 Å². The van der Waals surface area contributed by atoms with E-state index in [2.05, 4.69) is 6.58 Å². The van der Waals surface area contributed by atoms with Crippen LogP contribution < -0.4 is 5.73 Å². The first kappa shape index (κ1) is 12.5. The lowest BCUT2D eigenvalue weighted by Crippen LogP contribution is -1.89. The van der Waals surface area contributed by atoms with Crippen molar-refractivity contribution >= 4 is 17.4 Å². The molecule has 0 bridgehead atoms. The summed E-state index contributed by atoms with van der Waals surface area (Å²) in [5.74, 6) is -0.989. The Bertz CT molecular complexity index is 598. The molecule has 3 N–H and O–H groups in total. The number of thioether (sulfide) groups is 1. The molecule has 0 atom stereocenters. The van der Waals surface area contributed by atoms with Crippen molar-refractivity contribution in [3.8, 4) is 16.9 Å². The lowest BCUT2D eigenvalue weighted by atomic mass is 10.1. The highest BCUT2D eigenvalue weighted by atomic mass is 32.2. The van der Waals surface area contributed by atoms with Crippen LogP contribution in [0.25, 0.3) is 11.1 Å². The standard InChI is InChI=1S/C14H12FNOS/c1-2-18-14-8-10(3-5-12(14)16)9-4-6-13(17)11(15)7-9/h2-8,17H,1,16H2. The van der Waals surface area contributed by atoms with Crippen LogP contribution in [0.3, 0.4) is 0 Å². The third-order valence-electron chi connectivity index (χ3n) is 2.50. The molecule has 18 heavy (non-hydrogen) atoms. The number of phenolic OH excluding ortho intramolecular Hbond substituents is 1. The maximum absolute atomic E-state index is 13.3. The van der Waals surface area contributed by atoms with E-state index in [0.717, 1.165) is 10.5 Å². The minimum atomic E-state index is -0.637. The topological polar surface area (TPSA) is 46.2 Å². The van der Waals surface area contributed by atoms with Crippen molar-refractivity contribution in [3.63, 3.8) is 0 Å². The van der Waals surface area contributed by atoms with E-state index in [1.165, 1.54) is 23.9 Å². The summed E-state index contributed by atoms with van der Waals surface area (Å²) in [4.78, 5) is 0.871. The first-order valence-electron chi connectivity index (χ1n) is 5.28. The fraction of sp³-hybridized carbons (Fsp3) is 0. The lowest BCUT2D eigenvalue weighted by molar-refractivity contribution is 0.432. The average Bonchev–Trinajstić information content (AvgIpc) is 2.36. The number of nitrogens with two attached hydrogens (primary N) is 1. The van der Waals surface area contributed by atoms with Crippen LogP contribution in [0.15, 0.2) is 53.3 Å². The van der Waals surface area contributed by atoms with E-state index in [0.29, 0.717) is 11.3 Å². The molecule has 0 fully saturated rings. The number of aromatic hydroxyl groups is 1. The quantitative estimate of drug-likeness (QED) is 0.648. The van der Waals surface area contributed by atoms with Crippen LogP contribution in [0.1, 0.15) is 0 Å². The van der Waals surface area contributed by atoms with Crippen LogP contribution in [-0.4, -0.2) is 5.11 Å². The van der Waals surface area contributed by atoms with Crippen LogP contribution in [0.5, 0.6) is 5.75 Å². The zero-order valence-corrected chi connectivity index (χ0v) is 10.4. The highest BCUT2D eigenvalue weighted by Crippen LogP contribution is 2.32. The molecule has 2 rings (SSSR count). The van der Waals surface area contributed by atoms with Crippen molar-refractivity contribution in [2.75, 3.05) is 5.73 Å². The van der Waals surface area contributed by atoms with Crippen molar-refractivity contribution in [2.45, 2.75) is 4.90 Å². The molecule has 0 radical (unpaired) electrons. The second-order valence-corrected chi connectivity index (χ2v) is 4.71. The fourth-order valence-corrected chi connectivity index (χ4v) is 2.17. The predicted octanol–water partition coefficient (Wildman–Crippen LogP) is 4.02. The van der Waals surface area contributed by atoms with Crippen molar-refractivity contribution in [2.24, 2.45) is 0 Å². The zero-order chi connectivity index (χ0) is 13.1. The summed E-state index contributed by atoms with van der Waals surface area (Å²) in [6.07, 6.45) is 0. The number of rotatable bonds is 3. The number of hydrogen-bond donors (Lipinski definition) is 2. The van der Waals surface area contributed by atoms with Crippen LogP contribution >= 0.6 is 11.8 Å². The zero-order valence-electron chi connectivity index (χ0n) is 9.56. The normalized spacial score (nSPS) is 10.3. The number of anilines is 1. The van der Waals surface area contributed by atoms with Gasteiger partial charge >= 0.3 is 0 Å². The monoisotopic (exact) mass is 261 g/mol. The van der Waals surface area contributed by atoms with Crippen molar-refractivity contribution < 1.29 is 9.50 Å². The van der Waals surface area contributed by atoms with Crippen LogP contribution in [-0.2, 0) is 0 Å². The van der Waals surface area contributed by atoms with Gasteiger partial charge in [0, 0.05) is 10.6 Å². The Hall–Kier alpha value is -1.94. The second-order valence-electron chi connectivity index (χ2n) is 3.70. The largest absolute Gasteiger partial charge is 0.505 e. The number of nitrogen functional groups attached to an aromatic ring is 1. The van der Waals surface area contributed by atoms with E-state index < -0.39 is 5.82 Å². The van der Waals surface area contributed by atoms with Gasteiger partial charge in [0.15, 0.2) is 11.6 Å². The van der Waals surface area contributed by atoms with Crippen molar-refractivity contribution in [3.05, 3.63) is 54.2 Å². The third kappa shape index (κ3) is 2.49. The Balaban J connectivity index is 2.47. The predicted molar refractivity (Wildman–Crippen MR) is 74.0 cm³/mol. The van der Waals surface area contributed by atoms with Crippen molar-refractivity contribution in [1.82, 2.24) is 0 Å². The first-order chi connectivity index (χ1) is 8.61. The molecule has 0 spiro atoms. The van der Waals surface area contributed by atoms with Gasteiger partial charge < -0.3 is 10.8 Å². The van der Waals surface area contributed by atoms with Crippen LogP contribution in [0, 0.1) is 5.82 Å². The summed E-state index contributed by atoms with van der Waals surface area (Å²) in [6.45, 7) is 3.64. The molecular formula is C14H12FNOS. The average molecular weight is 261 g/mol. The van der Waals surface area contributed by atoms with Gasteiger partial charge in [-0.1, -0.05) is 30.5 Å². The molecule has 2 nitrogen and oxygen atoms in total. The molecule has 0 aromatic heterocycles. The number of phenols is 1. The van der Waals surface area contributed by atoms with E-state index in [1.54, 1.807) is 17.5 Å². The maximum atomic E-state index is 13.3. The summed E-state index contributed by atoms with van der Waals surface area (Å²) in [7, 11) is 0. The third-order valence-corrected chi connectivity index (χ3v) is 3.28. The van der Waals surface area contributed by atoms with Gasteiger partial charge in [0.25, 0.3) is 0 Å². The summed E-state index contributed by atoms with van der Waals surface area (Å²) >= 11 is 1.41. The van der Waals surface area contributed by atoms with E-state index >= 15 is 0 Å². The number of benzene rings is 2. The Morgan fingerprint density at radius 3 is 2.50 bits per heavy atom. The molecule has 0 amide bonds. The summed E-state index contributed by atoms with van der Waals surface area (Å²) in [5.41, 5.74) is 8.01. The Morgan fingerprint density at radius 1 is 1.17 bits per heavy atom. The highest BCUT2D eigenvalue weighted by Gasteiger charge is 2.06. The molecule has 4 heteroatoms. The number of halogens is 1. The summed E-state index contributed by atoms with van der Waals surface area (Å²) < 4.78 is 13.3. The van der Waals surface area contributed by atoms with Crippen LogP contribution in [0.4, 0.5) is 10.1 Å². The molecule has 0 aliphatic heterocycles. The SMILES string of the molecule is C=CSc1cc(-c2ccc(O)c(F)c2)ccc1N. The Morgan fingerprint density at radius 2 is 1.83 bits per heavy atom. The Labute approximate surface area is 109 Å². The van der Waals surface area contributed by atoms with Gasteiger partial charge in [-0.05, 0) is 40.8 Å². The minimum Gasteiger partial charge on any atom is -0.505 e. The van der Waals surface area contributed by atoms with E-state index in [4.69, 9.17) is 10.8 Å². The maximum Gasteiger partial charge on any atom is 0.165 e. The molecule has 2 aromatic carbocycles. The Kier molecular flexibility index (Phi) is 3.58. The summed E-state index contributed by atoms with van der Waals surface area (Å²) in [5, 5.41) is 10.8. The molecule has 92 valence electrons. The van der Waals surface area contributed by atoms with Gasteiger partial charge in [0.05, 0.1) is 0 Å². The molecule has 0 aliphatic carbocycles. The molecule has 0 saturated heterocycles. The highest BCUT2D eigenvalue weighted by molar-refractivity contribution is 8.02. The van der Waals surface area contributed by atoms with Crippen LogP contribution in [0.2, 0.25) is 0 Å². The van der Waals surface area contributed by atoms with Gasteiger partial charge in [0.1, 0.15) is 0 Å². The molecule has 0 saturated carbocycles. The second kappa shape index (κ2) is 5.14. The fourth-order valence-electron chi connectivity index (χ4n) is 1.59. The molecule has 2 aromatic rings. The van der Waals surface area contributed by atoms with E-state index in [-0.39, 0.29) is 5.75 Å². The minimum absolute atomic E-state index is 0.352. The van der Waals surface area contributed by atoms with Gasteiger partial charge in [-0.15, -0.1) is 0 Å². The number of hydrogen-bond acceptors (Lipinski definition) is 3. The smallest absolute Gasteiger partial charge is 0.165 e. The van der Waals surface area contributed by atoms with E-state index in [1.807, 2.05) is 12.1 Å².